The van der Waals surface area contributed by atoms with E-state index in [9.17, 15) is 86.7 Å². The molecule has 0 aliphatic heterocycles. The number of aliphatic hydroxyl groups is 1. The molecule has 0 saturated carbocycles. The van der Waals surface area contributed by atoms with E-state index >= 15 is 0 Å². The molecule has 6 heterocycles. The maximum Gasteiger partial charge on any atom is 0.523 e. The Morgan fingerprint density at radius 1 is 0.533 bits per heavy atom. The molecule has 0 amide bonds. The molecule has 0 aliphatic rings. The smallest absolute Gasteiger partial charge is 0.523 e. The van der Waals surface area contributed by atoms with E-state index in [0.29, 0.717) is 65.7 Å². The SMILES string of the molecule is CC(C)NCCn1nc(C(F)(F)F)cc1-c1ccc(-c2cccc(S(C)(=O)=O)c2)s1.CS(=O)(=O)c1cccc(-c2ccc(-c3cc(C(F)(F)F)nn3CCO)s2)c1.O=S([O-])c1cccc(-c2ccc(-c3cc(C(F)(F)F)nn3CCOS(=O)(=O)C(F)(F)F)s2)c1. The number of aliphatic hydroxyl groups excluding tert-OH is 1. The highest BCUT2D eigenvalue weighted by Gasteiger charge is 2.47. The standard InChI is InChI=1S/C20H22F3N3O2S2.C17H12F6N2O5S3.C17H15F3N2O3S2/c1-13(2)24-9-10-26-16(12-19(25-26)20(21,22)23)18-8-7-17(29-18)14-5-4-6-15(11-14)30(3,27)28;18-16(19,20)15-9-12(25(24-15)6-7-30-33(28,29)17(21,22)23)14-5-4-13(31-14)10-2-1-3-11(8-10)32(26)27;1-27(24,25)12-4-2-3-11(9-12)14-5-6-15(26-14)13-10-16(17(18,19)20)21-22(13)7-8-23/h4-8,11-13,24H,9-10H2,1-3H3;1-5,8-9H,6-7H2,(H,26,27);2-6,9-10,23H,7-8H2,1H3/p-1. The van der Waals surface area contributed by atoms with Crippen molar-refractivity contribution in [3.05, 3.63) is 144 Å². The Labute approximate surface area is 520 Å². The Balaban J connectivity index is 0.000000193. The summed E-state index contributed by atoms with van der Waals surface area (Å²) in [6.07, 6.45) is -11.7. The number of benzene rings is 3. The molecular formula is C54H48F12N7O10S7-. The predicted octanol–water partition coefficient (Wildman–Crippen LogP) is 12.8. The molecule has 0 saturated heterocycles. The number of sulfone groups is 2. The van der Waals surface area contributed by atoms with Crippen molar-refractivity contribution in [2.24, 2.45) is 0 Å². The average molecular weight is 1410 g/mol. The van der Waals surface area contributed by atoms with E-state index in [1.165, 1.54) is 75.9 Å². The van der Waals surface area contributed by atoms with Crippen LogP contribution in [-0.4, -0.2) is 112 Å². The van der Waals surface area contributed by atoms with Gasteiger partial charge in [0.1, 0.15) is 0 Å². The fraction of sp³-hybridized carbons (Fsp3) is 0.278. The summed E-state index contributed by atoms with van der Waals surface area (Å²) >= 11 is 0.986. The molecule has 1 atom stereocenters. The van der Waals surface area contributed by atoms with Crippen LogP contribution in [0.3, 0.4) is 0 Å². The summed E-state index contributed by atoms with van der Waals surface area (Å²) in [7, 11) is -12.6. The molecule has 2 N–H and O–H groups in total. The van der Waals surface area contributed by atoms with Gasteiger partial charge in [-0.25, -0.2) is 16.8 Å². The van der Waals surface area contributed by atoms with Crippen LogP contribution in [0.4, 0.5) is 52.7 Å². The summed E-state index contributed by atoms with van der Waals surface area (Å²) in [5.41, 5.74) is -6.69. The number of hydrogen-bond donors (Lipinski definition) is 2. The molecule has 90 heavy (non-hydrogen) atoms. The van der Waals surface area contributed by atoms with Crippen LogP contribution in [0, 0.1) is 0 Å². The van der Waals surface area contributed by atoms with Gasteiger partial charge in [-0.1, -0.05) is 50.2 Å². The molecule has 9 rings (SSSR count). The van der Waals surface area contributed by atoms with Gasteiger partial charge in [-0.15, -0.1) is 34.0 Å². The number of thiophene rings is 3. The molecule has 17 nitrogen and oxygen atoms in total. The van der Waals surface area contributed by atoms with Crippen LogP contribution in [0.25, 0.3) is 63.0 Å². The maximum absolute atomic E-state index is 13.2. The van der Waals surface area contributed by atoms with Crippen LogP contribution < -0.4 is 5.32 Å². The third-order valence-corrected chi connectivity index (χ3v) is 19.6. The van der Waals surface area contributed by atoms with E-state index in [-0.39, 0.29) is 50.1 Å². The molecule has 6 aromatic heterocycles. The summed E-state index contributed by atoms with van der Waals surface area (Å²) in [6, 6.07) is 31.3. The molecule has 0 spiro atoms. The highest BCUT2D eigenvalue weighted by molar-refractivity contribution is 7.91. The lowest BCUT2D eigenvalue weighted by molar-refractivity contribution is -0.142. The molecule has 0 bridgehead atoms. The maximum atomic E-state index is 13.2. The second kappa shape index (κ2) is 28.1. The normalized spacial score (nSPS) is 13.1. The molecule has 36 heteroatoms. The zero-order valence-electron chi connectivity index (χ0n) is 46.6. The number of rotatable bonds is 19. The van der Waals surface area contributed by atoms with Crippen LogP contribution >= 0.6 is 34.0 Å². The lowest BCUT2D eigenvalue weighted by Crippen LogP contribution is -2.27. The minimum atomic E-state index is -5.92. The van der Waals surface area contributed by atoms with E-state index in [1.54, 1.807) is 60.7 Å². The molecule has 0 aliphatic carbocycles. The Kier molecular flexibility index (Phi) is 22.1. The van der Waals surface area contributed by atoms with Crippen molar-refractivity contribution in [3.8, 4) is 63.0 Å². The average Bonchev–Trinajstić information content (AvgIpc) is 1.67. The lowest BCUT2D eigenvalue weighted by atomic mass is 10.2. The van der Waals surface area contributed by atoms with Gasteiger partial charge >= 0.3 is 34.2 Å². The van der Waals surface area contributed by atoms with Crippen molar-refractivity contribution >= 4 is 74.9 Å². The second-order valence-corrected chi connectivity index (χ2v) is 29.1. The Bertz CT molecular complexity index is 4350. The number of nitrogens with one attached hydrogen (secondary N) is 1. The van der Waals surface area contributed by atoms with Crippen LogP contribution in [0.1, 0.15) is 30.9 Å². The van der Waals surface area contributed by atoms with Crippen molar-refractivity contribution in [3.63, 3.8) is 0 Å². The van der Waals surface area contributed by atoms with E-state index in [4.69, 9.17) is 5.11 Å². The van der Waals surface area contributed by atoms with Crippen molar-refractivity contribution in [2.45, 2.75) is 78.2 Å². The molecule has 0 fully saturated rings. The van der Waals surface area contributed by atoms with Crippen molar-refractivity contribution in [1.29, 1.82) is 0 Å². The number of alkyl halides is 12. The van der Waals surface area contributed by atoms with Gasteiger partial charge in [-0.3, -0.25) is 22.4 Å². The topological polar surface area (TPSA) is 237 Å². The van der Waals surface area contributed by atoms with Crippen molar-refractivity contribution in [1.82, 2.24) is 34.7 Å². The van der Waals surface area contributed by atoms with Crippen LogP contribution in [0.5, 0.6) is 0 Å². The van der Waals surface area contributed by atoms with Gasteiger partial charge in [0, 0.05) is 44.6 Å². The first kappa shape index (κ1) is 70.8. The monoisotopic (exact) mass is 1410 g/mol. The van der Waals surface area contributed by atoms with Gasteiger partial charge in [0.2, 0.25) is 0 Å². The highest BCUT2D eigenvalue weighted by atomic mass is 32.2. The van der Waals surface area contributed by atoms with Crippen LogP contribution in [0.15, 0.2) is 142 Å². The Morgan fingerprint density at radius 3 is 1.23 bits per heavy atom. The molecule has 1 unspecified atom stereocenters. The van der Waals surface area contributed by atoms with Crippen LogP contribution in [0.2, 0.25) is 0 Å². The van der Waals surface area contributed by atoms with Gasteiger partial charge in [-0.2, -0.15) is 76.4 Å². The largest absolute Gasteiger partial charge is 0.768 e. The number of aromatic nitrogens is 6. The molecule has 486 valence electrons. The summed E-state index contributed by atoms with van der Waals surface area (Å²) in [5, 5.41) is 22.9. The summed E-state index contributed by atoms with van der Waals surface area (Å²) in [5.74, 6) is 0. The van der Waals surface area contributed by atoms with Gasteiger partial charge in [0.05, 0.1) is 74.4 Å². The molecular weight excluding hydrogens is 1360 g/mol. The number of halogens is 12. The van der Waals surface area contributed by atoms with E-state index in [1.807, 2.05) is 13.8 Å². The summed E-state index contributed by atoms with van der Waals surface area (Å²) in [6.45, 7) is 2.45. The number of hydrogen-bond acceptors (Lipinski definition) is 17. The first-order chi connectivity index (χ1) is 41.7. The highest BCUT2D eigenvalue weighted by Crippen LogP contribution is 2.42. The fourth-order valence-corrected chi connectivity index (χ4v) is 13.3. The Morgan fingerprint density at radius 2 is 0.889 bits per heavy atom. The lowest BCUT2D eigenvalue weighted by Gasteiger charge is -2.10. The van der Waals surface area contributed by atoms with Gasteiger partial charge in [-0.05, 0) is 119 Å². The first-order valence-electron chi connectivity index (χ1n) is 25.6. The third-order valence-electron chi connectivity index (χ3n) is 12.2. The second-order valence-electron chi connectivity index (χ2n) is 19.3. The Hall–Kier alpha value is -6.61. The van der Waals surface area contributed by atoms with Crippen LogP contribution in [-0.2, 0) is 83.2 Å². The van der Waals surface area contributed by atoms with Crippen molar-refractivity contribution < 1.29 is 96.0 Å². The van der Waals surface area contributed by atoms with E-state index < -0.39 is 95.1 Å². The van der Waals surface area contributed by atoms with Gasteiger partial charge < -0.3 is 15.0 Å². The molecule has 0 radical (unpaired) electrons. The minimum Gasteiger partial charge on any atom is -0.768 e. The molecule has 9 aromatic rings. The van der Waals surface area contributed by atoms with E-state index in [0.717, 1.165) is 45.5 Å². The third kappa shape index (κ3) is 18.3. The molecule has 3 aromatic carbocycles. The number of nitrogens with zero attached hydrogens (tertiary/aromatic N) is 6. The zero-order chi connectivity index (χ0) is 66.5. The zero-order valence-corrected chi connectivity index (χ0v) is 52.4. The first-order valence-corrected chi connectivity index (χ1v) is 34.3. The van der Waals surface area contributed by atoms with E-state index in [2.05, 4.69) is 24.8 Å². The van der Waals surface area contributed by atoms with Gasteiger partial charge in [0.25, 0.3) is 0 Å². The summed E-state index contributed by atoms with van der Waals surface area (Å²) < 4.78 is 254. The fourth-order valence-electron chi connectivity index (χ4n) is 8.03. The predicted molar refractivity (Wildman–Crippen MR) is 312 cm³/mol. The van der Waals surface area contributed by atoms with Crippen molar-refractivity contribution in [2.75, 3.05) is 32.3 Å². The summed E-state index contributed by atoms with van der Waals surface area (Å²) in [4.78, 5) is 3.70. The van der Waals surface area contributed by atoms with Gasteiger partial charge in [0.15, 0.2) is 36.8 Å². The quantitative estimate of drug-likeness (QED) is 0.0331. The minimum absolute atomic E-state index is 0.00475.